The third-order valence-electron chi connectivity index (χ3n) is 3.20. The Morgan fingerprint density at radius 2 is 1.38 bits per heavy atom. The molecule has 0 saturated heterocycles. The Bertz CT molecular complexity index is 799. The largest absolute Gasteiger partial charge is 0.478 e. The van der Waals surface area contributed by atoms with E-state index in [4.69, 9.17) is 10.2 Å². The standard InChI is InChI=1S/C9H8O4.C7H4F3NO2/c1-5-6(8(10)11)3-2-4-7(5)9(12)13;8-7(9,10)5-1-3-6(4-2-5)11(12)13/h2-4H,1H3,(H,10,11)(H,12,13);1-4H. The predicted molar refractivity (Wildman–Crippen MR) is 83.2 cm³/mol. The molecule has 2 N–H and O–H groups in total. The zero-order valence-corrected chi connectivity index (χ0v) is 13.1. The summed E-state index contributed by atoms with van der Waals surface area (Å²) < 4.78 is 35.9. The van der Waals surface area contributed by atoms with Gasteiger partial charge in [0, 0.05) is 12.1 Å². The Morgan fingerprint density at radius 3 is 1.69 bits per heavy atom. The van der Waals surface area contributed by atoms with Crippen LogP contribution in [0, 0.1) is 17.0 Å². The summed E-state index contributed by atoms with van der Waals surface area (Å²) in [6, 6.07) is 7.18. The minimum Gasteiger partial charge on any atom is -0.478 e. The normalized spacial score (nSPS) is 10.5. The molecule has 0 aliphatic heterocycles. The molecule has 0 heterocycles. The third kappa shape index (κ3) is 5.30. The van der Waals surface area contributed by atoms with Crippen molar-refractivity contribution in [3.8, 4) is 0 Å². The van der Waals surface area contributed by atoms with E-state index in [1.165, 1.54) is 25.1 Å². The Labute approximate surface area is 144 Å². The molecule has 0 saturated carbocycles. The molecule has 10 heteroatoms. The number of non-ortho nitro benzene ring substituents is 1. The summed E-state index contributed by atoms with van der Waals surface area (Å²) in [5, 5.41) is 27.4. The lowest BCUT2D eigenvalue weighted by Crippen LogP contribution is -2.06. The molecule has 0 fully saturated rings. The van der Waals surface area contributed by atoms with Crippen molar-refractivity contribution in [1.82, 2.24) is 0 Å². The van der Waals surface area contributed by atoms with E-state index in [1.807, 2.05) is 0 Å². The lowest BCUT2D eigenvalue weighted by Gasteiger charge is -2.04. The number of carboxylic acids is 2. The Morgan fingerprint density at radius 1 is 0.962 bits per heavy atom. The van der Waals surface area contributed by atoms with Crippen molar-refractivity contribution in [2.45, 2.75) is 13.1 Å². The quantitative estimate of drug-likeness (QED) is 0.622. The molecular formula is C16H12F3NO6. The van der Waals surface area contributed by atoms with Gasteiger partial charge in [0.2, 0.25) is 0 Å². The summed E-state index contributed by atoms with van der Waals surface area (Å²) in [6.45, 7) is 1.48. The van der Waals surface area contributed by atoms with Crippen molar-refractivity contribution in [2.24, 2.45) is 0 Å². The minimum absolute atomic E-state index is 0.0277. The molecule has 0 radical (unpaired) electrons. The molecule has 0 aliphatic rings. The summed E-state index contributed by atoms with van der Waals surface area (Å²) in [5.41, 5.74) is -0.909. The van der Waals surface area contributed by atoms with Gasteiger partial charge in [-0.1, -0.05) is 6.07 Å². The van der Waals surface area contributed by atoms with Gasteiger partial charge < -0.3 is 10.2 Å². The fourth-order valence-corrected chi connectivity index (χ4v) is 1.87. The highest BCUT2D eigenvalue weighted by atomic mass is 19.4. The van der Waals surface area contributed by atoms with Gasteiger partial charge in [0.15, 0.2) is 0 Å². The molecular weight excluding hydrogens is 359 g/mol. The van der Waals surface area contributed by atoms with E-state index in [-0.39, 0.29) is 22.4 Å². The highest BCUT2D eigenvalue weighted by molar-refractivity contribution is 5.96. The van der Waals surface area contributed by atoms with Gasteiger partial charge in [0.1, 0.15) is 0 Å². The Balaban J connectivity index is 0.000000260. The Hall–Kier alpha value is -3.43. The van der Waals surface area contributed by atoms with Crippen LogP contribution in [-0.2, 0) is 6.18 Å². The van der Waals surface area contributed by atoms with E-state index >= 15 is 0 Å². The number of alkyl halides is 3. The smallest absolute Gasteiger partial charge is 0.416 e. The maximum absolute atomic E-state index is 12.0. The van der Waals surface area contributed by atoms with Gasteiger partial charge in [-0.15, -0.1) is 0 Å². The van der Waals surface area contributed by atoms with Crippen LogP contribution >= 0.6 is 0 Å². The molecule has 2 aromatic rings. The molecule has 0 amide bonds. The lowest BCUT2D eigenvalue weighted by atomic mass is 10.0. The highest BCUT2D eigenvalue weighted by Gasteiger charge is 2.30. The van der Waals surface area contributed by atoms with E-state index in [9.17, 15) is 32.9 Å². The van der Waals surface area contributed by atoms with Crippen LogP contribution in [0.25, 0.3) is 0 Å². The molecule has 0 aliphatic carbocycles. The summed E-state index contributed by atoms with van der Waals surface area (Å²) >= 11 is 0. The average Bonchev–Trinajstić information content (AvgIpc) is 2.54. The number of hydrogen-bond donors (Lipinski definition) is 2. The van der Waals surface area contributed by atoms with Crippen molar-refractivity contribution < 1.29 is 37.9 Å². The van der Waals surface area contributed by atoms with Crippen LogP contribution in [0.5, 0.6) is 0 Å². The van der Waals surface area contributed by atoms with Gasteiger partial charge in [-0.2, -0.15) is 13.2 Å². The van der Waals surface area contributed by atoms with E-state index in [1.54, 1.807) is 0 Å². The number of carboxylic acid groups (broad SMARTS) is 2. The number of hydrogen-bond acceptors (Lipinski definition) is 4. The van der Waals surface area contributed by atoms with Crippen LogP contribution in [0.1, 0.15) is 31.8 Å². The first-order valence-electron chi connectivity index (χ1n) is 6.83. The number of halogens is 3. The molecule has 138 valence electrons. The number of benzene rings is 2. The van der Waals surface area contributed by atoms with Crippen molar-refractivity contribution in [3.63, 3.8) is 0 Å². The van der Waals surface area contributed by atoms with Crippen LogP contribution in [-0.4, -0.2) is 27.1 Å². The summed E-state index contributed by atoms with van der Waals surface area (Å²) in [6.07, 6.45) is -4.45. The summed E-state index contributed by atoms with van der Waals surface area (Å²) in [7, 11) is 0. The van der Waals surface area contributed by atoms with Crippen LogP contribution in [0.4, 0.5) is 18.9 Å². The second-order valence-corrected chi connectivity index (χ2v) is 4.89. The monoisotopic (exact) mass is 371 g/mol. The second-order valence-electron chi connectivity index (χ2n) is 4.89. The number of rotatable bonds is 3. The highest BCUT2D eigenvalue weighted by Crippen LogP contribution is 2.30. The summed E-state index contributed by atoms with van der Waals surface area (Å²) in [4.78, 5) is 30.5. The van der Waals surface area contributed by atoms with Gasteiger partial charge in [-0.25, -0.2) is 9.59 Å². The van der Waals surface area contributed by atoms with E-state index in [0.717, 1.165) is 12.1 Å². The minimum atomic E-state index is -4.45. The van der Waals surface area contributed by atoms with E-state index in [2.05, 4.69) is 0 Å². The molecule has 7 nitrogen and oxygen atoms in total. The zero-order chi connectivity index (χ0) is 20.1. The summed E-state index contributed by atoms with van der Waals surface area (Å²) in [5.74, 6) is -2.22. The molecule has 0 atom stereocenters. The third-order valence-corrected chi connectivity index (χ3v) is 3.20. The number of nitro groups is 1. The van der Waals surface area contributed by atoms with Crippen LogP contribution < -0.4 is 0 Å². The average molecular weight is 371 g/mol. The van der Waals surface area contributed by atoms with Gasteiger partial charge in [0.25, 0.3) is 5.69 Å². The van der Waals surface area contributed by atoms with Crippen molar-refractivity contribution >= 4 is 17.6 Å². The lowest BCUT2D eigenvalue weighted by molar-refractivity contribution is -0.384. The van der Waals surface area contributed by atoms with Crippen molar-refractivity contribution in [3.05, 3.63) is 74.8 Å². The zero-order valence-electron chi connectivity index (χ0n) is 13.1. The molecule has 26 heavy (non-hydrogen) atoms. The van der Waals surface area contributed by atoms with Gasteiger partial charge in [-0.3, -0.25) is 10.1 Å². The first-order valence-corrected chi connectivity index (χ1v) is 6.83. The molecule has 0 spiro atoms. The number of nitrogens with zero attached hydrogens (tertiary/aromatic N) is 1. The van der Waals surface area contributed by atoms with Crippen LogP contribution in [0.2, 0.25) is 0 Å². The predicted octanol–water partition coefficient (Wildman–Crippen LogP) is 4.01. The Kier molecular flexibility index (Phi) is 6.42. The van der Waals surface area contributed by atoms with E-state index < -0.39 is 28.6 Å². The molecule has 0 bridgehead atoms. The maximum atomic E-state index is 12.0. The fourth-order valence-electron chi connectivity index (χ4n) is 1.87. The topological polar surface area (TPSA) is 118 Å². The van der Waals surface area contributed by atoms with Crippen molar-refractivity contribution in [1.29, 1.82) is 0 Å². The first kappa shape index (κ1) is 20.6. The number of nitro benzene ring substituents is 1. The number of aromatic carboxylic acids is 2. The van der Waals surface area contributed by atoms with Crippen LogP contribution in [0.3, 0.4) is 0 Å². The van der Waals surface area contributed by atoms with Crippen LogP contribution in [0.15, 0.2) is 42.5 Å². The van der Waals surface area contributed by atoms with Crippen molar-refractivity contribution in [2.75, 3.05) is 0 Å². The maximum Gasteiger partial charge on any atom is 0.416 e. The molecule has 0 unspecified atom stereocenters. The van der Waals surface area contributed by atoms with Gasteiger partial charge >= 0.3 is 18.1 Å². The number of carbonyl (C=O) groups is 2. The second kappa shape index (κ2) is 8.10. The SMILES string of the molecule is Cc1c(C(=O)O)cccc1C(=O)O.O=[N+]([O-])c1ccc(C(F)(F)F)cc1. The van der Waals surface area contributed by atoms with Gasteiger partial charge in [-0.05, 0) is 36.8 Å². The first-order chi connectivity index (χ1) is 11.9. The molecule has 0 aromatic heterocycles. The fraction of sp³-hybridized carbons (Fsp3) is 0.125. The van der Waals surface area contributed by atoms with Gasteiger partial charge in [0.05, 0.1) is 21.6 Å². The molecule has 2 rings (SSSR count). The molecule has 2 aromatic carbocycles. The van der Waals surface area contributed by atoms with E-state index in [0.29, 0.717) is 12.1 Å².